The lowest BCUT2D eigenvalue weighted by molar-refractivity contribution is 0.772. The zero-order chi connectivity index (χ0) is 12.7. The Hall–Kier alpha value is -1.18. The van der Waals surface area contributed by atoms with Crippen LogP contribution < -0.4 is 9.80 Å². The lowest BCUT2D eigenvalue weighted by Gasteiger charge is -2.34. The maximum Gasteiger partial charge on any atom is 0.0602 e. The SMILES string of the molecule is CCCCC.CN1CCN(C)c2ccccc21. The van der Waals surface area contributed by atoms with Gasteiger partial charge in [0.25, 0.3) is 0 Å². The van der Waals surface area contributed by atoms with Crippen molar-refractivity contribution in [1.29, 1.82) is 0 Å². The van der Waals surface area contributed by atoms with Crippen LogP contribution in [0.25, 0.3) is 0 Å². The van der Waals surface area contributed by atoms with Gasteiger partial charge in [0.05, 0.1) is 11.4 Å². The standard InChI is InChI=1S/C10H14N2.C5H12/c1-11-7-8-12(2)10-6-4-3-5-9(10)11;1-3-5-4-2/h3-6H,7-8H2,1-2H3;3-5H2,1-2H3. The molecule has 2 rings (SSSR count). The molecule has 0 aromatic heterocycles. The summed E-state index contributed by atoms with van der Waals surface area (Å²) in [6.45, 7) is 6.66. The summed E-state index contributed by atoms with van der Waals surface area (Å²) in [4.78, 5) is 4.60. The lowest BCUT2D eigenvalue weighted by Crippen LogP contribution is -2.36. The monoisotopic (exact) mass is 234 g/mol. The Bertz CT molecular complexity index is 291. The number of fused-ring (bicyclic) bond motifs is 1. The van der Waals surface area contributed by atoms with E-state index in [1.165, 1.54) is 30.6 Å². The molecule has 0 amide bonds. The second kappa shape index (κ2) is 7.21. The highest BCUT2D eigenvalue weighted by molar-refractivity contribution is 5.72. The third-order valence-electron chi connectivity index (χ3n) is 3.18. The number of likely N-dealkylation sites (N-methyl/N-ethyl adjacent to an activating group) is 2. The Kier molecular flexibility index (Phi) is 5.88. The van der Waals surface area contributed by atoms with Gasteiger partial charge in [0.15, 0.2) is 0 Å². The number of unbranched alkanes of at least 4 members (excludes halogenated alkanes) is 2. The number of para-hydroxylation sites is 2. The first-order valence-electron chi connectivity index (χ1n) is 6.72. The Morgan fingerprint density at radius 1 is 0.882 bits per heavy atom. The molecule has 0 fully saturated rings. The normalized spacial score (nSPS) is 13.9. The van der Waals surface area contributed by atoms with Gasteiger partial charge in [-0.05, 0) is 12.1 Å². The predicted molar refractivity (Wildman–Crippen MR) is 78.2 cm³/mol. The highest BCUT2D eigenvalue weighted by Gasteiger charge is 2.15. The van der Waals surface area contributed by atoms with Crippen LogP contribution in [0.2, 0.25) is 0 Å². The van der Waals surface area contributed by atoms with Crippen LogP contribution >= 0.6 is 0 Å². The molecule has 0 saturated heterocycles. The number of benzene rings is 1. The van der Waals surface area contributed by atoms with Crippen molar-refractivity contribution in [2.75, 3.05) is 37.0 Å². The highest BCUT2D eigenvalue weighted by atomic mass is 15.2. The Labute approximate surface area is 106 Å². The molecule has 1 aliphatic rings. The zero-order valence-corrected chi connectivity index (χ0v) is 11.7. The third kappa shape index (κ3) is 3.95. The van der Waals surface area contributed by atoms with Crippen molar-refractivity contribution < 1.29 is 0 Å². The molecule has 0 radical (unpaired) electrons. The molecule has 2 heteroatoms. The van der Waals surface area contributed by atoms with Gasteiger partial charge in [0.2, 0.25) is 0 Å². The van der Waals surface area contributed by atoms with Gasteiger partial charge in [0, 0.05) is 27.2 Å². The van der Waals surface area contributed by atoms with Crippen LogP contribution in [0.3, 0.4) is 0 Å². The van der Waals surface area contributed by atoms with E-state index in [0.29, 0.717) is 0 Å². The van der Waals surface area contributed by atoms with Crippen LogP contribution in [0.1, 0.15) is 33.1 Å². The molecule has 1 aromatic carbocycles. The van der Waals surface area contributed by atoms with E-state index < -0.39 is 0 Å². The lowest BCUT2D eigenvalue weighted by atomic mass is 10.2. The van der Waals surface area contributed by atoms with Crippen LogP contribution in [-0.2, 0) is 0 Å². The van der Waals surface area contributed by atoms with Gasteiger partial charge in [-0.15, -0.1) is 0 Å². The fourth-order valence-corrected chi connectivity index (χ4v) is 2.00. The molecule has 0 aliphatic carbocycles. The van der Waals surface area contributed by atoms with Gasteiger partial charge in [-0.2, -0.15) is 0 Å². The first-order chi connectivity index (χ1) is 8.20. The van der Waals surface area contributed by atoms with Gasteiger partial charge in [0.1, 0.15) is 0 Å². The van der Waals surface area contributed by atoms with Crippen molar-refractivity contribution in [3.63, 3.8) is 0 Å². The molecule has 17 heavy (non-hydrogen) atoms. The molecular formula is C15H26N2. The molecule has 0 atom stereocenters. The van der Waals surface area contributed by atoms with Gasteiger partial charge in [-0.3, -0.25) is 0 Å². The van der Waals surface area contributed by atoms with Crippen molar-refractivity contribution in [3.05, 3.63) is 24.3 Å². The van der Waals surface area contributed by atoms with Gasteiger partial charge >= 0.3 is 0 Å². The summed E-state index contributed by atoms with van der Waals surface area (Å²) in [7, 11) is 4.29. The molecule has 1 aliphatic heterocycles. The van der Waals surface area contributed by atoms with Crippen LogP contribution in [0.5, 0.6) is 0 Å². The first-order valence-corrected chi connectivity index (χ1v) is 6.72. The average molecular weight is 234 g/mol. The Balaban J connectivity index is 0.000000249. The van der Waals surface area contributed by atoms with Crippen LogP contribution in [-0.4, -0.2) is 27.2 Å². The molecule has 2 nitrogen and oxygen atoms in total. The molecule has 1 aromatic rings. The summed E-state index contributed by atoms with van der Waals surface area (Å²) in [5.74, 6) is 0. The summed E-state index contributed by atoms with van der Waals surface area (Å²) in [6, 6.07) is 8.53. The van der Waals surface area contributed by atoms with E-state index in [4.69, 9.17) is 0 Å². The minimum Gasteiger partial charge on any atom is -0.371 e. The maximum absolute atomic E-state index is 2.30. The topological polar surface area (TPSA) is 6.48 Å². The van der Waals surface area contributed by atoms with Crippen molar-refractivity contribution in [3.8, 4) is 0 Å². The van der Waals surface area contributed by atoms with E-state index in [0.717, 1.165) is 13.1 Å². The highest BCUT2D eigenvalue weighted by Crippen LogP contribution is 2.30. The van der Waals surface area contributed by atoms with E-state index >= 15 is 0 Å². The zero-order valence-electron chi connectivity index (χ0n) is 11.7. The number of anilines is 2. The van der Waals surface area contributed by atoms with Gasteiger partial charge < -0.3 is 9.80 Å². The molecular weight excluding hydrogens is 208 g/mol. The van der Waals surface area contributed by atoms with Crippen molar-refractivity contribution in [1.82, 2.24) is 0 Å². The smallest absolute Gasteiger partial charge is 0.0602 e. The fourth-order valence-electron chi connectivity index (χ4n) is 2.00. The van der Waals surface area contributed by atoms with E-state index in [1.807, 2.05) is 0 Å². The summed E-state index contributed by atoms with van der Waals surface area (Å²) < 4.78 is 0. The maximum atomic E-state index is 2.30. The number of hydrogen-bond acceptors (Lipinski definition) is 2. The second-order valence-electron chi connectivity index (χ2n) is 4.69. The predicted octanol–water partition coefficient (Wildman–Crippen LogP) is 3.77. The minimum absolute atomic E-state index is 1.12. The van der Waals surface area contributed by atoms with Crippen LogP contribution in [0.4, 0.5) is 11.4 Å². The first kappa shape index (κ1) is 13.9. The van der Waals surface area contributed by atoms with Gasteiger partial charge in [-0.25, -0.2) is 0 Å². The second-order valence-corrected chi connectivity index (χ2v) is 4.69. The minimum atomic E-state index is 1.12. The largest absolute Gasteiger partial charge is 0.371 e. The number of rotatable bonds is 2. The molecule has 0 spiro atoms. The summed E-state index contributed by atoms with van der Waals surface area (Å²) in [6.07, 6.45) is 4.08. The third-order valence-corrected chi connectivity index (χ3v) is 3.18. The van der Waals surface area contributed by atoms with E-state index in [1.54, 1.807) is 0 Å². The molecule has 1 heterocycles. The van der Waals surface area contributed by atoms with Crippen LogP contribution in [0, 0.1) is 0 Å². The average Bonchev–Trinajstić information content (AvgIpc) is 2.36. The summed E-state index contributed by atoms with van der Waals surface area (Å²) in [5.41, 5.74) is 2.68. The molecule has 0 saturated carbocycles. The summed E-state index contributed by atoms with van der Waals surface area (Å²) >= 11 is 0. The van der Waals surface area contributed by atoms with E-state index in [-0.39, 0.29) is 0 Å². The molecule has 0 N–H and O–H groups in total. The number of hydrogen-bond donors (Lipinski definition) is 0. The van der Waals surface area contributed by atoms with Crippen LogP contribution in [0.15, 0.2) is 24.3 Å². The van der Waals surface area contributed by atoms with E-state index in [9.17, 15) is 0 Å². The molecule has 0 bridgehead atoms. The van der Waals surface area contributed by atoms with Crippen molar-refractivity contribution >= 4 is 11.4 Å². The Morgan fingerprint density at radius 3 is 1.59 bits per heavy atom. The van der Waals surface area contributed by atoms with Crippen molar-refractivity contribution in [2.24, 2.45) is 0 Å². The van der Waals surface area contributed by atoms with Crippen molar-refractivity contribution in [2.45, 2.75) is 33.1 Å². The molecule has 96 valence electrons. The van der Waals surface area contributed by atoms with Gasteiger partial charge in [-0.1, -0.05) is 45.2 Å². The fraction of sp³-hybridized carbons (Fsp3) is 0.600. The quantitative estimate of drug-likeness (QED) is 0.768. The summed E-state index contributed by atoms with van der Waals surface area (Å²) in [5, 5.41) is 0. The molecule has 0 unspecified atom stereocenters. The Morgan fingerprint density at radius 2 is 1.29 bits per heavy atom. The number of nitrogens with zero attached hydrogens (tertiary/aromatic N) is 2. The van der Waals surface area contributed by atoms with E-state index in [2.05, 4.69) is 62.0 Å².